The van der Waals surface area contributed by atoms with Crippen molar-refractivity contribution in [1.82, 2.24) is 0 Å². The first-order valence-corrected chi connectivity index (χ1v) is 8.05. The fourth-order valence-electron chi connectivity index (χ4n) is 2.21. The molecule has 0 aliphatic rings. The third-order valence-electron chi connectivity index (χ3n) is 3.94. The van der Waals surface area contributed by atoms with E-state index in [1.54, 1.807) is 11.3 Å². The Morgan fingerprint density at radius 3 is 2.52 bits per heavy atom. The molecule has 0 bridgehead atoms. The van der Waals surface area contributed by atoms with E-state index in [0.717, 1.165) is 6.42 Å². The molecule has 0 spiro atoms. The van der Waals surface area contributed by atoms with Crippen molar-refractivity contribution in [3.63, 3.8) is 0 Å². The zero-order chi connectivity index (χ0) is 16.0. The van der Waals surface area contributed by atoms with Gasteiger partial charge in [0.2, 0.25) is 0 Å². The van der Waals surface area contributed by atoms with Crippen LogP contribution in [0, 0.1) is 12.8 Å². The first-order valence-electron chi connectivity index (χ1n) is 7.11. The molecule has 0 aromatic carbocycles. The first kappa shape index (κ1) is 17.9. The first-order chi connectivity index (χ1) is 9.78. The minimum absolute atomic E-state index is 0.0110. The molecule has 0 amide bonds. The summed E-state index contributed by atoms with van der Waals surface area (Å²) in [5.41, 5.74) is 1.34. The maximum atomic E-state index is 11.9. The molecule has 1 atom stereocenters. The van der Waals surface area contributed by atoms with Crippen molar-refractivity contribution in [2.24, 2.45) is 5.92 Å². The fraction of sp³-hybridized carbons (Fsp3) is 0.625. The van der Waals surface area contributed by atoms with Crippen LogP contribution in [0.25, 0.3) is 0 Å². The summed E-state index contributed by atoms with van der Waals surface area (Å²) in [5.74, 6) is -0.891. The van der Waals surface area contributed by atoms with Gasteiger partial charge in [0.1, 0.15) is 12.2 Å². The third kappa shape index (κ3) is 5.25. The number of methoxy groups -OCH3 is 1. The van der Waals surface area contributed by atoms with Crippen molar-refractivity contribution in [2.75, 3.05) is 7.11 Å². The van der Waals surface area contributed by atoms with Gasteiger partial charge in [0.05, 0.1) is 12.7 Å². The smallest absolute Gasteiger partial charge is 0.313 e. The van der Waals surface area contributed by atoms with Gasteiger partial charge in [0.15, 0.2) is 0 Å². The van der Waals surface area contributed by atoms with Gasteiger partial charge in [0.25, 0.3) is 0 Å². The molecule has 0 fully saturated rings. The molecule has 0 aliphatic carbocycles. The van der Waals surface area contributed by atoms with E-state index in [2.05, 4.69) is 15.5 Å². The van der Waals surface area contributed by atoms with Crippen LogP contribution in [0.3, 0.4) is 0 Å². The molecule has 4 nitrogen and oxygen atoms in total. The van der Waals surface area contributed by atoms with Gasteiger partial charge in [0, 0.05) is 6.42 Å². The van der Waals surface area contributed by atoms with Crippen molar-refractivity contribution in [3.05, 3.63) is 21.9 Å². The van der Waals surface area contributed by atoms with E-state index in [0.29, 0.717) is 6.42 Å². The van der Waals surface area contributed by atoms with Gasteiger partial charge >= 0.3 is 5.97 Å². The number of thiophene rings is 1. The number of hydrogen-bond donors (Lipinski definition) is 1. The van der Waals surface area contributed by atoms with Gasteiger partial charge in [-0.05, 0) is 47.6 Å². The average Bonchev–Trinajstić information content (AvgIpc) is 2.81. The Hall–Kier alpha value is -1.20. The zero-order valence-electron chi connectivity index (χ0n) is 13.1. The van der Waals surface area contributed by atoms with E-state index >= 15 is 0 Å². The summed E-state index contributed by atoms with van der Waals surface area (Å²) >= 11 is 1.64. The maximum Gasteiger partial charge on any atom is 0.313 e. The number of Topliss-reactive ketones (excluding diaryl/α,β-unsaturated/α-hetero) is 1. The molecule has 1 unspecified atom stereocenters. The van der Waals surface area contributed by atoms with Gasteiger partial charge in [-0.15, -0.1) is 0 Å². The molecule has 0 radical (unpaired) electrons. The monoisotopic (exact) mass is 312 g/mol. The number of esters is 1. The topological polar surface area (TPSA) is 63.6 Å². The van der Waals surface area contributed by atoms with Gasteiger partial charge in [-0.25, -0.2) is 0 Å². The molecule has 21 heavy (non-hydrogen) atoms. The lowest BCUT2D eigenvalue weighted by molar-refractivity contribution is -0.144. The maximum absolute atomic E-state index is 11.9. The number of ether oxygens (including phenoxy) is 1. The van der Waals surface area contributed by atoms with Crippen LogP contribution in [-0.2, 0) is 20.7 Å². The van der Waals surface area contributed by atoms with Crippen LogP contribution in [0.2, 0.25) is 0 Å². The molecule has 1 aromatic rings. The summed E-state index contributed by atoms with van der Waals surface area (Å²) in [6, 6.07) is 0. The van der Waals surface area contributed by atoms with Crippen LogP contribution in [0.4, 0.5) is 0 Å². The fourth-order valence-corrected chi connectivity index (χ4v) is 3.10. The number of aryl methyl sites for hydroxylation is 2. The van der Waals surface area contributed by atoms with E-state index < -0.39 is 11.6 Å². The Morgan fingerprint density at radius 2 is 2.05 bits per heavy atom. The number of ketones is 1. The second-order valence-electron chi connectivity index (χ2n) is 5.81. The third-order valence-corrected chi connectivity index (χ3v) is 4.85. The second kappa shape index (κ2) is 7.71. The van der Waals surface area contributed by atoms with Crippen molar-refractivity contribution in [2.45, 2.75) is 52.1 Å². The molecule has 0 saturated carbocycles. The highest BCUT2D eigenvalue weighted by Crippen LogP contribution is 2.29. The summed E-state index contributed by atoms with van der Waals surface area (Å²) in [6.07, 6.45) is 0.955. The zero-order valence-corrected chi connectivity index (χ0v) is 14.0. The SMILES string of the molecule is COC(=O)CC(=O)CC(O)(CCc1cscc1C)C(C)C. The van der Waals surface area contributed by atoms with E-state index in [4.69, 9.17) is 0 Å². The molecule has 1 rings (SSSR count). The quantitative estimate of drug-likeness (QED) is 0.592. The molecule has 1 N–H and O–H groups in total. The molecule has 0 aliphatic heterocycles. The molecule has 0 saturated heterocycles. The highest BCUT2D eigenvalue weighted by Gasteiger charge is 2.33. The Labute approximate surface area is 130 Å². The van der Waals surface area contributed by atoms with Crippen LogP contribution >= 0.6 is 11.3 Å². The van der Waals surface area contributed by atoms with Crippen LogP contribution in [0.1, 0.15) is 44.2 Å². The van der Waals surface area contributed by atoms with Gasteiger partial charge in [-0.3, -0.25) is 9.59 Å². The number of carbonyl (C=O) groups is 2. The largest absolute Gasteiger partial charge is 0.469 e. The number of rotatable bonds is 8. The minimum Gasteiger partial charge on any atom is -0.469 e. The van der Waals surface area contributed by atoms with Crippen LogP contribution in [0.15, 0.2) is 10.8 Å². The van der Waals surface area contributed by atoms with Crippen LogP contribution < -0.4 is 0 Å². The molecule has 1 aromatic heterocycles. The Balaban J connectivity index is 2.67. The molecular formula is C16H24O4S. The molecule has 1 heterocycles. The lowest BCUT2D eigenvalue weighted by atomic mass is 9.80. The van der Waals surface area contributed by atoms with Crippen molar-refractivity contribution in [1.29, 1.82) is 0 Å². The predicted molar refractivity (Wildman–Crippen MR) is 83.4 cm³/mol. The lowest BCUT2D eigenvalue weighted by Gasteiger charge is -2.31. The summed E-state index contributed by atoms with van der Waals surface area (Å²) < 4.78 is 4.49. The molecule has 5 heteroatoms. The van der Waals surface area contributed by atoms with Crippen molar-refractivity contribution in [3.8, 4) is 0 Å². The lowest BCUT2D eigenvalue weighted by Crippen LogP contribution is -2.38. The summed E-state index contributed by atoms with van der Waals surface area (Å²) in [5, 5.41) is 14.9. The second-order valence-corrected chi connectivity index (χ2v) is 6.55. The summed E-state index contributed by atoms with van der Waals surface area (Å²) in [4.78, 5) is 23.0. The van der Waals surface area contributed by atoms with E-state index in [1.165, 1.54) is 18.2 Å². The molecular weight excluding hydrogens is 288 g/mol. The Bertz CT molecular complexity index is 492. The average molecular weight is 312 g/mol. The van der Waals surface area contributed by atoms with Crippen LogP contribution in [0.5, 0.6) is 0 Å². The van der Waals surface area contributed by atoms with E-state index in [1.807, 2.05) is 20.8 Å². The number of aliphatic hydroxyl groups is 1. The van der Waals surface area contributed by atoms with E-state index in [-0.39, 0.29) is 24.5 Å². The van der Waals surface area contributed by atoms with Crippen molar-refractivity contribution < 1.29 is 19.4 Å². The number of carbonyl (C=O) groups excluding carboxylic acids is 2. The van der Waals surface area contributed by atoms with E-state index in [9.17, 15) is 14.7 Å². The standard InChI is InChI=1S/C16H24O4S/c1-11(2)16(19,8-14(17)7-15(18)20-4)6-5-13-10-21-9-12(13)3/h9-11,19H,5-8H2,1-4H3. The number of hydrogen-bond acceptors (Lipinski definition) is 5. The normalized spacial score (nSPS) is 14.0. The van der Waals surface area contributed by atoms with Gasteiger partial charge in [-0.1, -0.05) is 13.8 Å². The summed E-state index contributed by atoms with van der Waals surface area (Å²) in [7, 11) is 1.25. The minimum atomic E-state index is -1.08. The van der Waals surface area contributed by atoms with Gasteiger partial charge < -0.3 is 9.84 Å². The Morgan fingerprint density at radius 1 is 1.38 bits per heavy atom. The highest BCUT2D eigenvalue weighted by atomic mass is 32.1. The molecule has 118 valence electrons. The highest BCUT2D eigenvalue weighted by molar-refractivity contribution is 7.08. The van der Waals surface area contributed by atoms with Gasteiger partial charge in [-0.2, -0.15) is 11.3 Å². The summed E-state index contributed by atoms with van der Waals surface area (Å²) in [6.45, 7) is 5.83. The van der Waals surface area contributed by atoms with Crippen molar-refractivity contribution >= 4 is 23.1 Å². The predicted octanol–water partition coefficient (Wildman–Crippen LogP) is 2.90. The Kier molecular flexibility index (Phi) is 6.55. The van der Waals surface area contributed by atoms with Crippen LogP contribution in [-0.4, -0.2) is 29.6 Å².